The Morgan fingerprint density at radius 1 is 1.20 bits per heavy atom. The van der Waals surface area contributed by atoms with Crippen LogP contribution in [0.25, 0.3) is 0 Å². The molecule has 0 fully saturated rings. The molecule has 2 rings (SSSR count). The van der Waals surface area contributed by atoms with Gasteiger partial charge in [0.25, 0.3) is 0 Å². The number of hydrogen-bond donors (Lipinski definition) is 2. The Hall–Kier alpha value is -1.42. The highest BCUT2D eigenvalue weighted by atomic mass is 127. The first-order chi connectivity index (χ1) is 11.6. The SMILES string of the molecule is CCc1cnc(CNC(=NC)NCc2ccc(OC(C)C)nc2)s1.I. The maximum absolute atomic E-state index is 5.54. The molecule has 0 aliphatic carbocycles. The zero-order chi connectivity index (χ0) is 17.4. The van der Waals surface area contributed by atoms with Crippen molar-refractivity contribution in [3.05, 3.63) is 40.0 Å². The summed E-state index contributed by atoms with van der Waals surface area (Å²) in [6.45, 7) is 7.42. The van der Waals surface area contributed by atoms with E-state index in [1.165, 1.54) is 4.88 Å². The molecule has 2 aromatic rings. The highest BCUT2D eigenvalue weighted by Gasteiger charge is 2.04. The highest BCUT2D eigenvalue weighted by molar-refractivity contribution is 14.0. The molecule has 25 heavy (non-hydrogen) atoms. The van der Waals surface area contributed by atoms with Crippen molar-refractivity contribution in [1.29, 1.82) is 0 Å². The summed E-state index contributed by atoms with van der Waals surface area (Å²) in [5, 5.41) is 7.61. The molecular formula is C17H26IN5OS. The Labute approximate surface area is 170 Å². The Balaban J connectivity index is 0.00000312. The quantitative estimate of drug-likeness (QED) is 0.365. The van der Waals surface area contributed by atoms with Crippen molar-refractivity contribution >= 4 is 41.3 Å². The number of halogens is 1. The molecule has 0 bridgehead atoms. The molecule has 0 atom stereocenters. The molecule has 2 aromatic heterocycles. The van der Waals surface area contributed by atoms with Gasteiger partial charge in [-0.3, -0.25) is 4.99 Å². The van der Waals surface area contributed by atoms with Crippen LogP contribution in [-0.2, 0) is 19.5 Å². The third-order valence-corrected chi connectivity index (χ3v) is 4.34. The van der Waals surface area contributed by atoms with Crippen LogP contribution in [0.5, 0.6) is 5.88 Å². The minimum absolute atomic E-state index is 0. The standard InChI is InChI=1S/C17H25N5OS.HI/c1-5-14-10-20-16(24-14)11-22-17(18-4)21-9-13-6-7-15(19-8-13)23-12(2)3;/h6-8,10,12H,5,9,11H2,1-4H3,(H2,18,21,22);1H. The van der Waals surface area contributed by atoms with Gasteiger partial charge in [-0.2, -0.15) is 0 Å². The van der Waals surface area contributed by atoms with E-state index in [2.05, 4.69) is 32.5 Å². The molecular weight excluding hydrogens is 449 g/mol. The summed E-state index contributed by atoms with van der Waals surface area (Å²) in [6, 6.07) is 3.88. The molecule has 0 radical (unpaired) electrons. The van der Waals surface area contributed by atoms with E-state index in [4.69, 9.17) is 4.74 Å². The van der Waals surface area contributed by atoms with Crippen LogP contribution in [0.4, 0.5) is 0 Å². The van der Waals surface area contributed by atoms with Crippen molar-refractivity contribution < 1.29 is 4.74 Å². The molecule has 0 aliphatic rings. The molecule has 2 N–H and O–H groups in total. The van der Waals surface area contributed by atoms with Crippen molar-refractivity contribution in [2.45, 2.75) is 46.4 Å². The van der Waals surface area contributed by atoms with Crippen LogP contribution in [0.1, 0.15) is 36.2 Å². The Bertz CT molecular complexity index is 657. The number of nitrogens with one attached hydrogen (secondary N) is 2. The van der Waals surface area contributed by atoms with Crippen molar-refractivity contribution in [2.75, 3.05) is 7.05 Å². The average molecular weight is 475 g/mol. The van der Waals surface area contributed by atoms with E-state index in [9.17, 15) is 0 Å². The summed E-state index contributed by atoms with van der Waals surface area (Å²) in [5.41, 5.74) is 1.07. The first-order valence-corrected chi connectivity index (χ1v) is 8.92. The number of aryl methyl sites for hydroxylation is 1. The van der Waals surface area contributed by atoms with E-state index in [0.29, 0.717) is 19.0 Å². The summed E-state index contributed by atoms with van der Waals surface area (Å²) >= 11 is 1.73. The fourth-order valence-electron chi connectivity index (χ4n) is 1.99. The molecule has 2 heterocycles. The number of aliphatic imine (C=N–C) groups is 1. The number of ether oxygens (including phenoxy) is 1. The second-order valence-electron chi connectivity index (χ2n) is 5.52. The predicted molar refractivity (Wildman–Crippen MR) is 114 cm³/mol. The highest BCUT2D eigenvalue weighted by Crippen LogP contribution is 2.13. The van der Waals surface area contributed by atoms with Gasteiger partial charge in [-0.05, 0) is 25.8 Å². The topological polar surface area (TPSA) is 71.4 Å². The summed E-state index contributed by atoms with van der Waals surface area (Å²) in [7, 11) is 1.76. The van der Waals surface area contributed by atoms with Gasteiger partial charge in [-0.15, -0.1) is 35.3 Å². The molecule has 0 saturated heterocycles. The maximum atomic E-state index is 5.54. The summed E-state index contributed by atoms with van der Waals surface area (Å²) in [5.74, 6) is 1.39. The lowest BCUT2D eigenvalue weighted by atomic mass is 10.3. The van der Waals surface area contributed by atoms with Crippen LogP contribution < -0.4 is 15.4 Å². The zero-order valence-corrected chi connectivity index (χ0v) is 18.2. The minimum atomic E-state index is 0. The first-order valence-electron chi connectivity index (χ1n) is 8.10. The average Bonchev–Trinajstić information content (AvgIpc) is 3.04. The van der Waals surface area contributed by atoms with Gasteiger partial charge in [0.15, 0.2) is 5.96 Å². The first kappa shape index (κ1) is 21.6. The number of hydrogen-bond acceptors (Lipinski definition) is 5. The zero-order valence-electron chi connectivity index (χ0n) is 15.1. The van der Waals surface area contributed by atoms with E-state index < -0.39 is 0 Å². The van der Waals surface area contributed by atoms with Crippen molar-refractivity contribution in [3.63, 3.8) is 0 Å². The van der Waals surface area contributed by atoms with Gasteiger partial charge in [-0.25, -0.2) is 9.97 Å². The van der Waals surface area contributed by atoms with Gasteiger partial charge in [0.05, 0.1) is 12.6 Å². The van der Waals surface area contributed by atoms with E-state index in [-0.39, 0.29) is 30.1 Å². The van der Waals surface area contributed by atoms with E-state index >= 15 is 0 Å². The van der Waals surface area contributed by atoms with Gasteiger partial charge in [0.2, 0.25) is 5.88 Å². The third-order valence-electron chi connectivity index (χ3n) is 3.19. The molecule has 0 saturated carbocycles. The Morgan fingerprint density at radius 2 is 1.96 bits per heavy atom. The van der Waals surface area contributed by atoms with Crippen LogP contribution in [0.2, 0.25) is 0 Å². The molecule has 0 aliphatic heterocycles. The number of guanidine groups is 1. The fourth-order valence-corrected chi connectivity index (χ4v) is 2.79. The van der Waals surface area contributed by atoms with Crippen molar-refractivity contribution in [2.24, 2.45) is 4.99 Å². The maximum Gasteiger partial charge on any atom is 0.213 e. The molecule has 0 unspecified atom stereocenters. The second-order valence-corrected chi connectivity index (χ2v) is 6.72. The second kappa shape index (κ2) is 11.2. The van der Waals surface area contributed by atoms with Gasteiger partial charge in [0.1, 0.15) is 5.01 Å². The van der Waals surface area contributed by atoms with Gasteiger partial charge in [-0.1, -0.05) is 13.0 Å². The third kappa shape index (κ3) is 7.55. The van der Waals surface area contributed by atoms with Crippen LogP contribution >= 0.6 is 35.3 Å². The van der Waals surface area contributed by atoms with E-state index in [0.717, 1.165) is 23.0 Å². The van der Waals surface area contributed by atoms with E-state index in [1.54, 1.807) is 18.4 Å². The van der Waals surface area contributed by atoms with Crippen LogP contribution in [0.15, 0.2) is 29.5 Å². The Morgan fingerprint density at radius 3 is 2.52 bits per heavy atom. The smallest absolute Gasteiger partial charge is 0.213 e. The van der Waals surface area contributed by atoms with Gasteiger partial charge < -0.3 is 15.4 Å². The lowest BCUT2D eigenvalue weighted by Gasteiger charge is -2.12. The molecule has 138 valence electrons. The van der Waals surface area contributed by atoms with Crippen molar-refractivity contribution in [3.8, 4) is 5.88 Å². The predicted octanol–water partition coefficient (Wildman–Crippen LogP) is 3.37. The lowest BCUT2D eigenvalue weighted by Crippen LogP contribution is -2.36. The largest absolute Gasteiger partial charge is 0.475 e. The van der Waals surface area contributed by atoms with Crippen LogP contribution in [0, 0.1) is 0 Å². The molecule has 0 amide bonds. The number of rotatable bonds is 7. The van der Waals surface area contributed by atoms with E-state index in [1.807, 2.05) is 38.4 Å². The van der Waals surface area contributed by atoms with Crippen molar-refractivity contribution in [1.82, 2.24) is 20.6 Å². The number of nitrogens with zero attached hydrogens (tertiary/aromatic N) is 3. The molecule has 8 heteroatoms. The number of pyridine rings is 1. The fraction of sp³-hybridized carbons (Fsp3) is 0.471. The number of thiazole rings is 1. The lowest BCUT2D eigenvalue weighted by molar-refractivity contribution is 0.232. The monoisotopic (exact) mass is 475 g/mol. The van der Waals surface area contributed by atoms with Gasteiger partial charge in [0, 0.05) is 36.9 Å². The summed E-state index contributed by atoms with van der Waals surface area (Å²) < 4.78 is 5.54. The van der Waals surface area contributed by atoms with Crippen LogP contribution in [-0.4, -0.2) is 29.1 Å². The molecule has 6 nitrogen and oxygen atoms in total. The summed E-state index contributed by atoms with van der Waals surface area (Å²) in [6.07, 6.45) is 4.90. The minimum Gasteiger partial charge on any atom is -0.475 e. The molecule has 0 spiro atoms. The molecule has 0 aromatic carbocycles. The Kier molecular flexibility index (Phi) is 9.73. The number of aromatic nitrogens is 2. The van der Waals surface area contributed by atoms with Gasteiger partial charge >= 0.3 is 0 Å². The normalized spacial score (nSPS) is 11.2. The summed E-state index contributed by atoms with van der Waals surface area (Å²) in [4.78, 5) is 14.2. The van der Waals surface area contributed by atoms with Crippen LogP contribution in [0.3, 0.4) is 0 Å².